The van der Waals surface area contributed by atoms with Crippen molar-refractivity contribution in [3.63, 3.8) is 0 Å². The van der Waals surface area contributed by atoms with Crippen LogP contribution in [-0.4, -0.2) is 21.7 Å². The number of amides is 1. The van der Waals surface area contributed by atoms with E-state index < -0.39 is 23.5 Å². The Morgan fingerprint density at radius 2 is 1.72 bits per heavy atom. The minimum absolute atomic E-state index is 0.0464. The third-order valence-electron chi connectivity index (χ3n) is 5.19. The molecule has 0 saturated heterocycles. The van der Waals surface area contributed by atoms with Gasteiger partial charge in [0.25, 0.3) is 5.91 Å². The molecule has 2 aromatic carbocycles. The van der Waals surface area contributed by atoms with Crippen LogP contribution in [0.1, 0.15) is 40.2 Å². The van der Waals surface area contributed by atoms with E-state index in [9.17, 15) is 14.7 Å². The number of aliphatic hydroxyl groups is 1. The van der Waals surface area contributed by atoms with Crippen LogP contribution in [0.15, 0.2) is 88.7 Å². The fraction of sp³-hybridized carbons (Fsp3) is 0.167. The molecule has 0 bridgehead atoms. The van der Waals surface area contributed by atoms with E-state index in [1.54, 1.807) is 6.07 Å². The van der Waals surface area contributed by atoms with Crippen molar-refractivity contribution in [2.75, 3.05) is 0 Å². The SMILES string of the molecule is CCc1ccc(C2C(C(=O)c3ccco3)=C(O)C(=O)N2Cc2ccccc2)cc1. The van der Waals surface area contributed by atoms with E-state index in [1.807, 2.05) is 54.6 Å². The standard InChI is InChI=1S/C24H21NO4/c1-2-16-10-12-18(13-11-16)21-20(22(26)19-9-6-14-29-19)23(27)24(28)25(21)15-17-7-4-3-5-8-17/h3-14,21,27H,2,15H2,1H3. The van der Waals surface area contributed by atoms with Gasteiger partial charge in [0, 0.05) is 6.54 Å². The van der Waals surface area contributed by atoms with E-state index in [1.165, 1.54) is 17.2 Å². The van der Waals surface area contributed by atoms with Crippen LogP contribution in [0.2, 0.25) is 0 Å². The minimum Gasteiger partial charge on any atom is -0.503 e. The van der Waals surface area contributed by atoms with Crippen molar-refractivity contribution < 1.29 is 19.1 Å². The Labute approximate surface area is 168 Å². The summed E-state index contributed by atoms with van der Waals surface area (Å²) in [5.74, 6) is -1.47. The maximum Gasteiger partial charge on any atom is 0.290 e. The average Bonchev–Trinajstić information content (AvgIpc) is 3.38. The van der Waals surface area contributed by atoms with Gasteiger partial charge >= 0.3 is 0 Å². The first-order valence-electron chi connectivity index (χ1n) is 9.55. The van der Waals surface area contributed by atoms with Gasteiger partial charge in [0.2, 0.25) is 5.78 Å². The number of benzene rings is 2. The lowest BCUT2D eigenvalue weighted by Gasteiger charge is -2.27. The Hall–Kier alpha value is -3.60. The highest BCUT2D eigenvalue weighted by atomic mass is 16.3. The lowest BCUT2D eigenvalue weighted by Crippen LogP contribution is -2.30. The summed E-state index contributed by atoms with van der Waals surface area (Å²) in [7, 11) is 0. The van der Waals surface area contributed by atoms with Gasteiger partial charge in [-0.2, -0.15) is 0 Å². The van der Waals surface area contributed by atoms with E-state index >= 15 is 0 Å². The quantitative estimate of drug-likeness (QED) is 0.627. The van der Waals surface area contributed by atoms with Gasteiger partial charge in [-0.3, -0.25) is 9.59 Å². The molecule has 1 aliphatic rings. The number of ketones is 1. The van der Waals surface area contributed by atoms with Crippen LogP contribution in [0.25, 0.3) is 0 Å². The molecule has 0 spiro atoms. The highest BCUT2D eigenvalue weighted by Gasteiger charge is 2.44. The number of hydrogen-bond acceptors (Lipinski definition) is 4. The molecule has 146 valence electrons. The summed E-state index contributed by atoms with van der Waals surface area (Å²) in [5.41, 5.74) is 2.88. The van der Waals surface area contributed by atoms with Crippen molar-refractivity contribution in [3.8, 4) is 0 Å². The van der Waals surface area contributed by atoms with Gasteiger partial charge in [-0.15, -0.1) is 0 Å². The van der Waals surface area contributed by atoms with Gasteiger partial charge in [0.15, 0.2) is 11.5 Å². The predicted molar refractivity (Wildman–Crippen MR) is 108 cm³/mol. The molecule has 3 aromatic rings. The van der Waals surface area contributed by atoms with Gasteiger partial charge in [-0.1, -0.05) is 61.5 Å². The second kappa shape index (κ2) is 7.80. The van der Waals surface area contributed by atoms with E-state index in [4.69, 9.17) is 4.42 Å². The second-order valence-corrected chi connectivity index (χ2v) is 6.99. The summed E-state index contributed by atoms with van der Waals surface area (Å²) in [5, 5.41) is 10.6. The first-order chi connectivity index (χ1) is 14.1. The topological polar surface area (TPSA) is 70.7 Å². The fourth-order valence-corrected chi connectivity index (χ4v) is 3.65. The lowest BCUT2D eigenvalue weighted by molar-refractivity contribution is -0.130. The van der Waals surface area contributed by atoms with E-state index in [0.717, 1.165) is 23.1 Å². The molecule has 4 rings (SSSR count). The molecule has 1 amide bonds. The van der Waals surface area contributed by atoms with Crippen molar-refractivity contribution in [1.29, 1.82) is 0 Å². The van der Waals surface area contributed by atoms with Gasteiger partial charge in [-0.05, 0) is 35.2 Å². The lowest BCUT2D eigenvalue weighted by atomic mass is 9.94. The first kappa shape index (κ1) is 18.7. The highest BCUT2D eigenvalue weighted by molar-refractivity contribution is 6.14. The number of rotatable bonds is 6. The zero-order chi connectivity index (χ0) is 20.4. The van der Waals surface area contributed by atoms with Gasteiger partial charge in [-0.25, -0.2) is 0 Å². The molecule has 0 fully saturated rings. The summed E-state index contributed by atoms with van der Waals surface area (Å²) in [6.07, 6.45) is 2.28. The monoisotopic (exact) mass is 387 g/mol. The van der Waals surface area contributed by atoms with Crippen LogP contribution in [-0.2, 0) is 17.8 Å². The normalized spacial score (nSPS) is 16.5. The molecule has 5 nitrogen and oxygen atoms in total. The van der Waals surface area contributed by atoms with Crippen LogP contribution >= 0.6 is 0 Å². The molecule has 0 aliphatic carbocycles. The van der Waals surface area contributed by atoms with E-state index in [-0.39, 0.29) is 17.9 Å². The molecule has 2 heterocycles. The van der Waals surface area contributed by atoms with Crippen LogP contribution in [0, 0.1) is 0 Å². The van der Waals surface area contributed by atoms with Crippen molar-refractivity contribution in [3.05, 3.63) is 107 Å². The number of carbonyl (C=O) groups excluding carboxylic acids is 2. The molecular formula is C24H21NO4. The largest absolute Gasteiger partial charge is 0.503 e. The summed E-state index contributed by atoms with van der Waals surface area (Å²) in [6.45, 7) is 2.34. The molecule has 0 saturated carbocycles. The Morgan fingerprint density at radius 3 is 2.34 bits per heavy atom. The molecule has 1 unspecified atom stereocenters. The van der Waals surface area contributed by atoms with E-state index in [2.05, 4.69) is 6.92 Å². The van der Waals surface area contributed by atoms with Crippen molar-refractivity contribution >= 4 is 11.7 Å². The minimum atomic E-state index is -0.689. The zero-order valence-electron chi connectivity index (χ0n) is 16.0. The molecule has 1 N–H and O–H groups in total. The number of carbonyl (C=O) groups is 2. The molecule has 0 radical (unpaired) electrons. The molecule has 1 aromatic heterocycles. The number of Topliss-reactive ketones (excluding diaryl/α,β-unsaturated/α-hetero) is 1. The number of nitrogens with zero attached hydrogens (tertiary/aromatic N) is 1. The van der Waals surface area contributed by atoms with Crippen molar-refractivity contribution in [1.82, 2.24) is 4.90 Å². The maximum absolute atomic E-state index is 13.1. The Kier molecular flexibility index (Phi) is 5.04. The number of furan rings is 1. The summed E-state index contributed by atoms with van der Waals surface area (Å²) < 4.78 is 5.24. The number of aryl methyl sites for hydroxylation is 1. The van der Waals surface area contributed by atoms with Crippen LogP contribution in [0.5, 0.6) is 0 Å². The number of aliphatic hydroxyl groups excluding tert-OH is 1. The molecular weight excluding hydrogens is 366 g/mol. The molecule has 1 aliphatic heterocycles. The van der Waals surface area contributed by atoms with Crippen molar-refractivity contribution in [2.24, 2.45) is 0 Å². The summed E-state index contributed by atoms with van der Waals surface area (Å²) >= 11 is 0. The first-order valence-corrected chi connectivity index (χ1v) is 9.55. The fourth-order valence-electron chi connectivity index (χ4n) is 3.65. The predicted octanol–water partition coefficient (Wildman–Crippen LogP) is 4.62. The number of hydrogen-bond donors (Lipinski definition) is 1. The molecule has 1 atom stereocenters. The van der Waals surface area contributed by atoms with Crippen LogP contribution in [0.3, 0.4) is 0 Å². The summed E-state index contributed by atoms with van der Waals surface area (Å²) in [4.78, 5) is 27.5. The summed E-state index contributed by atoms with van der Waals surface area (Å²) in [6, 6.07) is 19.7. The van der Waals surface area contributed by atoms with Gasteiger partial charge in [0.05, 0.1) is 17.9 Å². The third kappa shape index (κ3) is 3.47. The molecule has 29 heavy (non-hydrogen) atoms. The Bertz CT molecular complexity index is 1050. The van der Waals surface area contributed by atoms with Crippen LogP contribution < -0.4 is 0 Å². The van der Waals surface area contributed by atoms with E-state index in [0.29, 0.717) is 0 Å². The highest BCUT2D eigenvalue weighted by Crippen LogP contribution is 2.40. The third-order valence-corrected chi connectivity index (χ3v) is 5.19. The van der Waals surface area contributed by atoms with Gasteiger partial charge < -0.3 is 14.4 Å². The Morgan fingerprint density at radius 1 is 1.00 bits per heavy atom. The Balaban J connectivity index is 1.79. The molecule has 5 heteroatoms. The maximum atomic E-state index is 13.1. The zero-order valence-corrected chi connectivity index (χ0v) is 16.0. The smallest absolute Gasteiger partial charge is 0.290 e. The average molecular weight is 387 g/mol. The van der Waals surface area contributed by atoms with Crippen molar-refractivity contribution in [2.45, 2.75) is 25.9 Å². The van der Waals surface area contributed by atoms with Gasteiger partial charge in [0.1, 0.15) is 0 Å². The van der Waals surface area contributed by atoms with Crippen LogP contribution in [0.4, 0.5) is 0 Å². The second-order valence-electron chi connectivity index (χ2n) is 6.99.